The molecule has 4 nitrogen and oxygen atoms in total. The van der Waals surface area contributed by atoms with Crippen molar-refractivity contribution in [3.8, 4) is 5.75 Å². The highest BCUT2D eigenvalue weighted by Crippen LogP contribution is 2.29. The summed E-state index contributed by atoms with van der Waals surface area (Å²) >= 11 is 6.15. The number of ether oxygens (including phenoxy) is 1. The third-order valence-corrected chi connectivity index (χ3v) is 5.79. The monoisotopic (exact) mass is 400 g/mol. The van der Waals surface area contributed by atoms with Gasteiger partial charge in [0.1, 0.15) is 5.75 Å². The second-order valence-corrected chi connectivity index (χ2v) is 7.84. The summed E-state index contributed by atoms with van der Waals surface area (Å²) in [5.41, 5.74) is 1.14. The third-order valence-electron chi connectivity index (χ3n) is 5.55. The molecule has 146 valence electrons. The maximum Gasteiger partial charge on any atom is 0.222 e. The minimum absolute atomic E-state index is 0. The minimum atomic E-state index is 0. The Morgan fingerprint density at radius 1 is 1.35 bits per heavy atom. The first-order valence-corrected chi connectivity index (χ1v) is 9.84. The summed E-state index contributed by atoms with van der Waals surface area (Å²) in [5, 5.41) is 4.12. The Balaban J connectivity index is 0.00000243. The van der Waals surface area contributed by atoms with Gasteiger partial charge < -0.3 is 15.0 Å². The lowest BCUT2D eigenvalue weighted by atomic mass is 9.90. The van der Waals surface area contributed by atoms with E-state index < -0.39 is 0 Å². The number of piperidine rings is 1. The first kappa shape index (κ1) is 21.3. The molecule has 0 aromatic heterocycles. The van der Waals surface area contributed by atoms with E-state index in [-0.39, 0.29) is 12.4 Å². The smallest absolute Gasteiger partial charge is 0.222 e. The Labute approximate surface area is 168 Å². The van der Waals surface area contributed by atoms with Crippen LogP contribution in [0.2, 0.25) is 5.02 Å². The summed E-state index contributed by atoms with van der Waals surface area (Å²) in [6.45, 7) is 3.94. The van der Waals surface area contributed by atoms with Crippen LogP contribution in [-0.2, 0) is 11.2 Å². The van der Waals surface area contributed by atoms with Crippen LogP contribution in [0.4, 0.5) is 0 Å². The minimum Gasteiger partial charge on any atom is -0.496 e. The fourth-order valence-electron chi connectivity index (χ4n) is 4.12. The predicted molar refractivity (Wildman–Crippen MR) is 108 cm³/mol. The van der Waals surface area contributed by atoms with E-state index in [0.717, 1.165) is 68.2 Å². The van der Waals surface area contributed by atoms with Crippen LogP contribution in [0.5, 0.6) is 5.75 Å². The Hall–Kier alpha value is -0.970. The van der Waals surface area contributed by atoms with Crippen molar-refractivity contribution < 1.29 is 9.53 Å². The number of amides is 1. The predicted octanol–water partition coefficient (Wildman–Crippen LogP) is 3.94. The normalized spacial score (nSPS) is 22.8. The number of methoxy groups -OCH3 is 1. The highest BCUT2D eigenvalue weighted by atomic mass is 35.5. The van der Waals surface area contributed by atoms with Gasteiger partial charge in [0, 0.05) is 24.5 Å². The summed E-state index contributed by atoms with van der Waals surface area (Å²) in [6, 6.07) is 5.78. The van der Waals surface area contributed by atoms with Crippen molar-refractivity contribution in [2.75, 3.05) is 33.3 Å². The van der Waals surface area contributed by atoms with Gasteiger partial charge in [-0.15, -0.1) is 12.4 Å². The molecule has 2 saturated heterocycles. The van der Waals surface area contributed by atoms with E-state index in [0.29, 0.717) is 24.2 Å². The number of halogens is 2. The van der Waals surface area contributed by atoms with Crippen molar-refractivity contribution in [1.82, 2.24) is 10.2 Å². The maximum atomic E-state index is 12.6. The van der Waals surface area contributed by atoms with Crippen LogP contribution >= 0.6 is 24.0 Å². The van der Waals surface area contributed by atoms with Gasteiger partial charge in [-0.1, -0.05) is 11.6 Å². The van der Waals surface area contributed by atoms with E-state index in [1.807, 2.05) is 18.2 Å². The molecular weight excluding hydrogens is 371 g/mol. The first-order valence-electron chi connectivity index (χ1n) is 9.46. The van der Waals surface area contributed by atoms with Crippen LogP contribution in [0.1, 0.15) is 37.7 Å². The Morgan fingerprint density at radius 3 is 2.92 bits per heavy atom. The summed E-state index contributed by atoms with van der Waals surface area (Å²) in [7, 11) is 1.70. The lowest BCUT2D eigenvalue weighted by Crippen LogP contribution is -2.40. The lowest BCUT2D eigenvalue weighted by Gasteiger charge is -2.33. The fourth-order valence-corrected chi connectivity index (χ4v) is 4.32. The number of carbonyl (C=O) groups is 1. The number of nitrogens with zero attached hydrogens (tertiary/aromatic N) is 1. The van der Waals surface area contributed by atoms with E-state index in [2.05, 4.69) is 10.2 Å². The summed E-state index contributed by atoms with van der Waals surface area (Å²) in [6.07, 6.45) is 6.09. The number of benzene rings is 1. The van der Waals surface area contributed by atoms with Crippen LogP contribution in [0.25, 0.3) is 0 Å². The van der Waals surface area contributed by atoms with Crippen molar-refractivity contribution in [3.05, 3.63) is 28.8 Å². The van der Waals surface area contributed by atoms with Gasteiger partial charge in [-0.05, 0) is 80.8 Å². The van der Waals surface area contributed by atoms with E-state index in [9.17, 15) is 4.79 Å². The molecule has 2 aliphatic heterocycles. The van der Waals surface area contributed by atoms with Crippen molar-refractivity contribution in [1.29, 1.82) is 0 Å². The molecule has 2 unspecified atom stereocenters. The number of hydrogen-bond acceptors (Lipinski definition) is 3. The van der Waals surface area contributed by atoms with Crippen LogP contribution in [0.15, 0.2) is 18.2 Å². The van der Waals surface area contributed by atoms with E-state index in [4.69, 9.17) is 16.3 Å². The van der Waals surface area contributed by atoms with Gasteiger partial charge in [0.15, 0.2) is 0 Å². The van der Waals surface area contributed by atoms with Crippen molar-refractivity contribution in [2.45, 2.75) is 38.5 Å². The second-order valence-electron chi connectivity index (χ2n) is 7.41. The molecule has 1 N–H and O–H groups in total. The standard InChI is InChI=1S/C20H29ClN2O2.ClH/c1-25-19-6-5-18(21)12-17(19)11-16-3-2-10-23(14-16)20(24)7-4-15-8-9-22-13-15;/h5-6,12,15-16,22H,2-4,7-11,13-14H2,1H3;1H. The van der Waals surface area contributed by atoms with Crippen LogP contribution in [0, 0.1) is 11.8 Å². The SMILES string of the molecule is COc1ccc(Cl)cc1CC1CCCN(C(=O)CCC2CCNC2)C1.Cl. The van der Waals surface area contributed by atoms with Gasteiger partial charge in [0.25, 0.3) is 0 Å². The zero-order valence-corrected chi connectivity index (χ0v) is 17.1. The molecule has 0 spiro atoms. The van der Waals surface area contributed by atoms with Crippen molar-refractivity contribution in [2.24, 2.45) is 11.8 Å². The molecule has 26 heavy (non-hydrogen) atoms. The molecule has 0 radical (unpaired) electrons. The molecule has 2 fully saturated rings. The number of rotatable bonds is 6. The third kappa shape index (κ3) is 5.77. The molecule has 1 amide bonds. The lowest BCUT2D eigenvalue weighted by molar-refractivity contribution is -0.133. The average molecular weight is 401 g/mol. The molecule has 1 aromatic carbocycles. The largest absolute Gasteiger partial charge is 0.496 e. The topological polar surface area (TPSA) is 41.6 Å². The van der Waals surface area contributed by atoms with Gasteiger partial charge in [-0.3, -0.25) is 4.79 Å². The molecule has 0 aliphatic carbocycles. The number of likely N-dealkylation sites (tertiary alicyclic amines) is 1. The molecule has 0 bridgehead atoms. The number of hydrogen-bond donors (Lipinski definition) is 1. The zero-order valence-electron chi connectivity index (χ0n) is 15.5. The summed E-state index contributed by atoms with van der Waals surface area (Å²) < 4.78 is 5.47. The van der Waals surface area contributed by atoms with Gasteiger partial charge in [-0.2, -0.15) is 0 Å². The van der Waals surface area contributed by atoms with Crippen molar-refractivity contribution >= 4 is 29.9 Å². The first-order chi connectivity index (χ1) is 12.2. The molecule has 1 aromatic rings. The molecular formula is C20H30Cl2N2O2. The zero-order chi connectivity index (χ0) is 17.6. The van der Waals surface area contributed by atoms with E-state index in [1.165, 1.54) is 6.42 Å². The van der Waals surface area contributed by atoms with Gasteiger partial charge in [0.05, 0.1) is 7.11 Å². The quantitative estimate of drug-likeness (QED) is 0.785. The molecule has 6 heteroatoms. The second kappa shape index (κ2) is 10.4. The van der Waals surface area contributed by atoms with E-state index in [1.54, 1.807) is 7.11 Å². The summed E-state index contributed by atoms with van der Waals surface area (Å²) in [5.74, 6) is 2.38. The Kier molecular flexibility index (Phi) is 8.52. The highest BCUT2D eigenvalue weighted by molar-refractivity contribution is 6.30. The highest BCUT2D eigenvalue weighted by Gasteiger charge is 2.25. The van der Waals surface area contributed by atoms with Gasteiger partial charge in [-0.25, -0.2) is 0 Å². The Morgan fingerprint density at radius 2 is 2.19 bits per heavy atom. The number of nitrogens with one attached hydrogen (secondary N) is 1. The molecule has 2 aliphatic rings. The van der Waals surface area contributed by atoms with Crippen LogP contribution in [0.3, 0.4) is 0 Å². The molecule has 0 saturated carbocycles. The number of carbonyl (C=O) groups excluding carboxylic acids is 1. The summed E-state index contributed by atoms with van der Waals surface area (Å²) in [4.78, 5) is 14.7. The van der Waals surface area contributed by atoms with Crippen molar-refractivity contribution in [3.63, 3.8) is 0 Å². The van der Waals surface area contributed by atoms with Gasteiger partial charge in [0.2, 0.25) is 5.91 Å². The Bertz CT molecular complexity index is 591. The average Bonchev–Trinajstić information content (AvgIpc) is 3.14. The molecule has 3 rings (SSSR count). The van der Waals surface area contributed by atoms with Gasteiger partial charge >= 0.3 is 0 Å². The van der Waals surface area contributed by atoms with Crippen LogP contribution in [-0.4, -0.2) is 44.1 Å². The molecule has 2 atom stereocenters. The molecule has 2 heterocycles. The maximum absolute atomic E-state index is 12.6. The van der Waals surface area contributed by atoms with Crippen LogP contribution < -0.4 is 10.1 Å². The fraction of sp³-hybridized carbons (Fsp3) is 0.650. The van der Waals surface area contributed by atoms with E-state index >= 15 is 0 Å².